The molecule has 1 saturated heterocycles. The third kappa shape index (κ3) is 3.83. The largest absolute Gasteiger partial charge is 0.507 e. The predicted molar refractivity (Wildman–Crippen MR) is 123 cm³/mol. The van der Waals surface area contributed by atoms with Gasteiger partial charge in [0, 0.05) is 30.4 Å². The van der Waals surface area contributed by atoms with E-state index in [1.54, 1.807) is 7.11 Å². The van der Waals surface area contributed by atoms with E-state index < -0.39 is 5.82 Å². The molecule has 0 spiro atoms. The molecule has 1 aliphatic heterocycles. The summed E-state index contributed by atoms with van der Waals surface area (Å²) in [5, 5.41) is 18.2. The highest BCUT2D eigenvalue weighted by molar-refractivity contribution is 5.91. The fourth-order valence-corrected chi connectivity index (χ4v) is 4.20. The van der Waals surface area contributed by atoms with Gasteiger partial charge in [0.05, 0.1) is 18.2 Å². The van der Waals surface area contributed by atoms with E-state index in [2.05, 4.69) is 27.8 Å². The van der Waals surface area contributed by atoms with Crippen molar-refractivity contribution in [3.8, 4) is 22.9 Å². The molecule has 6 nitrogen and oxygen atoms in total. The van der Waals surface area contributed by atoms with Gasteiger partial charge >= 0.3 is 0 Å². The van der Waals surface area contributed by atoms with Crippen LogP contribution in [0.5, 0.6) is 11.5 Å². The zero-order valence-corrected chi connectivity index (χ0v) is 17.5. The lowest BCUT2D eigenvalue weighted by Gasteiger charge is -2.22. The Kier molecular flexibility index (Phi) is 5.33. The van der Waals surface area contributed by atoms with Gasteiger partial charge < -0.3 is 20.5 Å². The van der Waals surface area contributed by atoms with Crippen LogP contribution in [0.4, 0.5) is 10.2 Å². The lowest BCUT2D eigenvalue weighted by atomic mass is 9.94. The van der Waals surface area contributed by atoms with Crippen LogP contribution in [0.2, 0.25) is 0 Å². The zero-order valence-electron chi connectivity index (χ0n) is 17.5. The molecular weight excluding hydrogens is 407 g/mol. The molecule has 32 heavy (non-hydrogen) atoms. The normalized spacial score (nSPS) is 18.1. The van der Waals surface area contributed by atoms with Crippen molar-refractivity contribution in [3.63, 3.8) is 0 Å². The fraction of sp³-hybridized carbons (Fsp3) is 0.200. The van der Waals surface area contributed by atoms with E-state index in [1.165, 1.54) is 23.8 Å². The van der Waals surface area contributed by atoms with Gasteiger partial charge in [-0.15, -0.1) is 0 Å². The van der Waals surface area contributed by atoms with Crippen molar-refractivity contribution >= 4 is 16.7 Å². The quantitative estimate of drug-likeness (QED) is 0.438. The number of phenols is 1. The summed E-state index contributed by atoms with van der Waals surface area (Å²) in [7, 11) is 1.66. The van der Waals surface area contributed by atoms with Crippen molar-refractivity contribution in [3.05, 3.63) is 78.1 Å². The average molecular weight is 430 g/mol. The Balaban J connectivity index is 1.53. The Labute approximate surface area is 185 Å². The number of rotatable bonds is 5. The molecule has 0 radical (unpaired) electrons. The number of hydrogen-bond donors (Lipinski definition) is 3. The second-order valence-corrected chi connectivity index (χ2v) is 7.86. The summed E-state index contributed by atoms with van der Waals surface area (Å²) in [5.74, 6) is 1.47. The molecule has 0 bridgehead atoms. The molecule has 1 aliphatic rings. The summed E-state index contributed by atoms with van der Waals surface area (Å²) in [6.07, 6.45) is 0. The van der Waals surface area contributed by atoms with Crippen molar-refractivity contribution in [2.24, 2.45) is 0 Å². The molecule has 0 amide bonds. The number of anilines is 1. The van der Waals surface area contributed by atoms with Crippen LogP contribution >= 0.6 is 0 Å². The van der Waals surface area contributed by atoms with E-state index in [0.29, 0.717) is 5.82 Å². The van der Waals surface area contributed by atoms with Crippen molar-refractivity contribution in [2.75, 3.05) is 25.5 Å². The molecule has 3 aromatic carbocycles. The first-order valence-corrected chi connectivity index (χ1v) is 10.5. The number of aromatic nitrogens is 2. The molecule has 2 atom stereocenters. The third-order valence-electron chi connectivity index (χ3n) is 5.88. The first kappa shape index (κ1) is 20.2. The molecule has 0 saturated carbocycles. The lowest BCUT2D eigenvalue weighted by Crippen LogP contribution is -2.27. The standard InChI is InChI=1S/C25H23FN4O2/c1-32-17-9-6-15(7-10-17)20-13-27-14-22(20)29-24-18-4-2-3-5-21(18)28-25(30-24)19-12-16(26)8-11-23(19)31/h2-12,20,22,27,31H,13-14H2,1H3,(H,28,29,30)/t20-,22+/m1/s1. The Bertz CT molecular complexity index is 1260. The number of phenolic OH excluding ortho intramolecular Hbond substituents is 1. The van der Waals surface area contributed by atoms with Gasteiger partial charge in [-0.05, 0) is 48.0 Å². The molecule has 1 fully saturated rings. The maximum absolute atomic E-state index is 13.9. The summed E-state index contributed by atoms with van der Waals surface area (Å²) in [6, 6.07) is 19.6. The van der Waals surface area contributed by atoms with Crippen LogP contribution in [0.3, 0.4) is 0 Å². The van der Waals surface area contributed by atoms with Gasteiger partial charge in [-0.3, -0.25) is 0 Å². The van der Waals surface area contributed by atoms with E-state index in [-0.39, 0.29) is 29.1 Å². The van der Waals surface area contributed by atoms with E-state index in [0.717, 1.165) is 29.7 Å². The molecule has 0 unspecified atom stereocenters. The van der Waals surface area contributed by atoms with Crippen LogP contribution in [0.25, 0.3) is 22.3 Å². The fourth-order valence-electron chi connectivity index (χ4n) is 4.20. The minimum atomic E-state index is -0.455. The number of ether oxygens (including phenoxy) is 1. The SMILES string of the molecule is COc1ccc([C@H]2CNC[C@@H]2Nc2nc(-c3cc(F)ccc3O)nc3ccccc23)cc1. The Morgan fingerprint density at radius 2 is 1.84 bits per heavy atom. The predicted octanol–water partition coefficient (Wildman–Crippen LogP) is 4.32. The summed E-state index contributed by atoms with van der Waals surface area (Å²) >= 11 is 0. The monoisotopic (exact) mass is 430 g/mol. The van der Waals surface area contributed by atoms with Gasteiger partial charge in [0.1, 0.15) is 23.1 Å². The summed E-state index contributed by atoms with van der Waals surface area (Å²) in [6.45, 7) is 1.61. The number of nitrogens with one attached hydrogen (secondary N) is 2. The first-order valence-electron chi connectivity index (χ1n) is 10.5. The van der Waals surface area contributed by atoms with Crippen LogP contribution in [0.15, 0.2) is 66.7 Å². The van der Waals surface area contributed by atoms with Gasteiger partial charge in [0.15, 0.2) is 5.82 Å². The van der Waals surface area contributed by atoms with Crippen LogP contribution in [-0.2, 0) is 0 Å². The number of para-hydroxylation sites is 1. The highest BCUT2D eigenvalue weighted by atomic mass is 19.1. The minimum absolute atomic E-state index is 0.0636. The number of methoxy groups -OCH3 is 1. The molecule has 0 aliphatic carbocycles. The van der Waals surface area contributed by atoms with Crippen LogP contribution in [0.1, 0.15) is 11.5 Å². The Morgan fingerprint density at radius 3 is 2.66 bits per heavy atom. The summed E-state index contributed by atoms with van der Waals surface area (Å²) in [5.41, 5.74) is 2.18. The van der Waals surface area contributed by atoms with Crippen molar-refractivity contribution in [1.82, 2.24) is 15.3 Å². The lowest BCUT2D eigenvalue weighted by molar-refractivity contribution is 0.414. The molecular formula is C25H23FN4O2. The van der Waals surface area contributed by atoms with Gasteiger partial charge in [0.25, 0.3) is 0 Å². The van der Waals surface area contributed by atoms with Crippen LogP contribution < -0.4 is 15.4 Å². The van der Waals surface area contributed by atoms with Gasteiger partial charge in [-0.1, -0.05) is 24.3 Å². The smallest absolute Gasteiger partial charge is 0.165 e. The molecule has 162 valence electrons. The number of nitrogens with zero attached hydrogens (tertiary/aromatic N) is 2. The summed E-state index contributed by atoms with van der Waals surface area (Å²) < 4.78 is 19.1. The molecule has 1 aromatic heterocycles. The van der Waals surface area contributed by atoms with Crippen molar-refractivity contribution < 1.29 is 14.2 Å². The van der Waals surface area contributed by atoms with Gasteiger partial charge in [0.2, 0.25) is 0 Å². The second-order valence-electron chi connectivity index (χ2n) is 7.86. The highest BCUT2D eigenvalue weighted by Gasteiger charge is 2.29. The Morgan fingerprint density at radius 1 is 1.03 bits per heavy atom. The maximum Gasteiger partial charge on any atom is 0.165 e. The third-order valence-corrected chi connectivity index (χ3v) is 5.88. The topological polar surface area (TPSA) is 79.3 Å². The molecule has 4 aromatic rings. The minimum Gasteiger partial charge on any atom is -0.507 e. The van der Waals surface area contributed by atoms with Gasteiger partial charge in [-0.2, -0.15) is 0 Å². The van der Waals surface area contributed by atoms with Crippen LogP contribution in [-0.4, -0.2) is 41.3 Å². The number of hydrogen-bond acceptors (Lipinski definition) is 6. The summed E-state index contributed by atoms with van der Waals surface area (Å²) in [4.78, 5) is 9.27. The molecule has 5 rings (SSSR count). The number of halogens is 1. The van der Waals surface area contributed by atoms with Crippen LogP contribution in [0, 0.1) is 5.82 Å². The Hall–Kier alpha value is -3.71. The molecule has 3 N–H and O–H groups in total. The van der Waals surface area contributed by atoms with E-state index in [1.807, 2.05) is 36.4 Å². The molecule has 7 heteroatoms. The first-order chi connectivity index (χ1) is 15.6. The number of aromatic hydroxyl groups is 1. The number of fused-ring (bicyclic) bond motifs is 1. The van der Waals surface area contributed by atoms with Crippen molar-refractivity contribution in [1.29, 1.82) is 0 Å². The van der Waals surface area contributed by atoms with Crippen molar-refractivity contribution in [2.45, 2.75) is 12.0 Å². The van der Waals surface area contributed by atoms with Gasteiger partial charge in [-0.25, -0.2) is 14.4 Å². The van der Waals surface area contributed by atoms with E-state index >= 15 is 0 Å². The number of benzene rings is 3. The molecule has 2 heterocycles. The highest BCUT2D eigenvalue weighted by Crippen LogP contribution is 2.33. The maximum atomic E-state index is 13.9. The second kappa shape index (κ2) is 8.43. The van der Waals surface area contributed by atoms with E-state index in [9.17, 15) is 9.50 Å². The van der Waals surface area contributed by atoms with E-state index in [4.69, 9.17) is 9.72 Å². The zero-order chi connectivity index (χ0) is 22.1. The average Bonchev–Trinajstić information content (AvgIpc) is 3.28.